The van der Waals surface area contributed by atoms with Gasteiger partial charge >= 0.3 is 11.9 Å². The van der Waals surface area contributed by atoms with Crippen LogP contribution in [0.5, 0.6) is 11.5 Å². The van der Waals surface area contributed by atoms with E-state index in [0.717, 1.165) is 84.0 Å². The first-order valence-corrected chi connectivity index (χ1v) is 22.1. The summed E-state index contributed by atoms with van der Waals surface area (Å²) in [5.74, 6) is 0.965. The Morgan fingerprint density at radius 1 is 0.464 bits per heavy atom. The van der Waals surface area contributed by atoms with Crippen molar-refractivity contribution in [3.8, 4) is 11.5 Å². The highest BCUT2D eigenvalue weighted by Gasteiger charge is 2.23. The van der Waals surface area contributed by atoms with Crippen LogP contribution in [0.15, 0.2) is 36.4 Å². The molecule has 0 spiro atoms. The van der Waals surface area contributed by atoms with Gasteiger partial charge in [-0.2, -0.15) is 0 Å². The van der Waals surface area contributed by atoms with Gasteiger partial charge in [-0.05, 0) is 51.7 Å². The van der Waals surface area contributed by atoms with Gasteiger partial charge in [0, 0.05) is 47.6 Å². The summed E-state index contributed by atoms with van der Waals surface area (Å²) in [5.41, 5.74) is 2.16. The second kappa shape index (κ2) is 28.1. The van der Waals surface area contributed by atoms with Crippen molar-refractivity contribution >= 4 is 33.5 Å². The molecule has 8 nitrogen and oxygen atoms in total. The van der Waals surface area contributed by atoms with E-state index in [0.29, 0.717) is 37.6 Å². The molecule has 0 amide bonds. The molecule has 3 aromatic carbocycles. The quantitative estimate of drug-likeness (QED) is 0.0352. The monoisotopic (exact) mass is 779 g/mol. The van der Waals surface area contributed by atoms with Gasteiger partial charge in [0.2, 0.25) is 0 Å². The highest BCUT2D eigenvalue weighted by Crippen LogP contribution is 2.44. The fraction of sp³-hybridized carbons (Fsp3) is 0.667. The summed E-state index contributed by atoms with van der Waals surface area (Å²) >= 11 is 0. The van der Waals surface area contributed by atoms with Crippen LogP contribution in [0.2, 0.25) is 0 Å². The zero-order chi connectivity index (χ0) is 40.4. The summed E-state index contributed by atoms with van der Waals surface area (Å²) in [5, 5.41) is 3.58. The summed E-state index contributed by atoms with van der Waals surface area (Å²) in [6.07, 6.45) is 17.3. The summed E-state index contributed by atoms with van der Waals surface area (Å²) in [7, 11) is 0. The van der Waals surface area contributed by atoms with E-state index >= 15 is 0 Å². The Morgan fingerprint density at radius 2 is 0.839 bits per heavy atom. The molecule has 0 fully saturated rings. The molecule has 0 aliphatic carbocycles. The van der Waals surface area contributed by atoms with Gasteiger partial charge in [0.25, 0.3) is 0 Å². The molecular formula is C48H74O8. The van der Waals surface area contributed by atoms with Gasteiger partial charge in [-0.25, -0.2) is 0 Å². The molecular weight excluding hydrogens is 705 g/mol. The zero-order valence-electron chi connectivity index (χ0n) is 35.9. The third-order valence-electron chi connectivity index (χ3n) is 10.1. The van der Waals surface area contributed by atoms with Crippen LogP contribution < -0.4 is 9.47 Å². The fourth-order valence-corrected chi connectivity index (χ4v) is 6.80. The minimum absolute atomic E-state index is 0.159. The first-order chi connectivity index (χ1) is 27.3. The Hall–Kier alpha value is -3.36. The Balaban J connectivity index is 1.85. The van der Waals surface area contributed by atoms with Gasteiger partial charge < -0.3 is 28.4 Å². The summed E-state index contributed by atoms with van der Waals surface area (Å²) in [4.78, 5) is 25.6. The zero-order valence-corrected chi connectivity index (χ0v) is 35.9. The molecule has 0 radical (unpaired) electrons. The number of aryl methyl sites for hydroxylation is 2. The SMILES string of the molecule is CCCCCCCCOCC(COc1c2ccc(C)cc2c(OCC(COCCCCCCCC)OC(=O)CCCC)c2ccc(C)cc12)OC(=O)CCCC. The normalized spacial score (nSPS) is 12.5. The van der Waals surface area contributed by atoms with E-state index in [1.165, 1.54) is 51.4 Å². The van der Waals surface area contributed by atoms with Crippen molar-refractivity contribution in [2.24, 2.45) is 0 Å². The van der Waals surface area contributed by atoms with Gasteiger partial charge in [-0.1, -0.05) is 140 Å². The van der Waals surface area contributed by atoms with Gasteiger partial charge in [0.1, 0.15) is 24.7 Å². The van der Waals surface area contributed by atoms with Crippen molar-refractivity contribution in [3.63, 3.8) is 0 Å². The number of carbonyl (C=O) groups excluding carboxylic acids is 2. The smallest absolute Gasteiger partial charge is 0.306 e. The number of esters is 2. The van der Waals surface area contributed by atoms with E-state index in [4.69, 9.17) is 28.4 Å². The molecule has 3 aromatic rings. The molecule has 0 bridgehead atoms. The van der Waals surface area contributed by atoms with E-state index in [-0.39, 0.29) is 38.4 Å². The van der Waals surface area contributed by atoms with Crippen LogP contribution in [0.3, 0.4) is 0 Å². The maximum Gasteiger partial charge on any atom is 0.306 e. The number of benzene rings is 3. The van der Waals surface area contributed by atoms with Crippen LogP contribution in [-0.2, 0) is 28.5 Å². The standard InChI is InChI=1S/C48H74O8/c1-7-11-15-17-19-21-29-51-33-39(55-45(49)23-13-9-3)35-53-47-41-27-25-38(6)32-44(41)48(42-28-26-37(5)31-43(42)47)54-36-40(56-46(50)24-14-10-4)34-52-30-22-20-18-16-12-8-2/h25-28,31-32,39-40H,7-24,29-30,33-36H2,1-6H3. The van der Waals surface area contributed by atoms with Crippen molar-refractivity contribution in [1.82, 2.24) is 0 Å². The molecule has 56 heavy (non-hydrogen) atoms. The van der Waals surface area contributed by atoms with Gasteiger partial charge in [-0.3, -0.25) is 9.59 Å². The van der Waals surface area contributed by atoms with Gasteiger partial charge in [-0.15, -0.1) is 0 Å². The van der Waals surface area contributed by atoms with Gasteiger partial charge in [0.05, 0.1) is 13.2 Å². The van der Waals surface area contributed by atoms with Crippen LogP contribution in [-0.4, -0.2) is 63.8 Å². The van der Waals surface area contributed by atoms with E-state index < -0.39 is 12.2 Å². The molecule has 0 heterocycles. The molecule has 8 heteroatoms. The Bertz CT molecular complexity index is 1440. The van der Waals surface area contributed by atoms with E-state index in [1.807, 2.05) is 0 Å². The first kappa shape index (κ1) is 47.0. The molecule has 0 aromatic heterocycles. The van der Waals surface area contributed by atoms with Crippen LogP contribution in [0.4, 0.5) is 0 Å². The maximum absolute atomic E-state index is 12.8. The highest BCUT2D eigenvalue weighted by molar-refractivity contribution is 6.11. The minimum atomic E-state index is -0.546. The number of unbranched alkanes of at least 4 members (excludes halogenated alkanes) is 12. The number of hydrogen-bond donors (Lipinski definition) is 0. The second-order valence-electron chi connectivity index (χ2n) is 15.5. The number of hydrogen-bond acceptors (Lipinski definition) is 8. The number of carbonyl (C=O) groups is 2. The maximum atomic E-state index is 12.8. The predicted octanol–water partition coefficient (Wildman–Crippen LogP) is 12.3. The van der Waals surface area contributed by atoms with Crippen molar-refractivity contribution in [1.29, 1.82) is 0 Å². The lowest BCUT2D eigenvalue weighted by molar-refractivity contribution is -0.155. The Kier molecular flexibility index (Phi) is 23.6. The van der Waals surface area contributed by atoms with Crippen LogP contribution >= 0.6 is 0 Å². The molecule has 314 valence electrons. The summed E-state index contributed by atoms with van der Waals surface area (Å²) in [6, 6.07) is 12.5. The molecule has 0 aliphatic heterocycles. The molecule has 0 aliphatic rings. The average molecular weight is 779 g/mol. The summed E-state index contributed by atoms with van der Waals surface area (Å²) < 4.78 is 37.4. The third kappa shape index (κ3) is 17.4. The van der Waals surface area contributed by atoms with Crippen LogP contribution in [0.1, 0.15) is 154 Å². The average Bonchev–Trinajstić information content (AvgIpc) is 3.19. The molecule has 0 saturated heterocycles. The summed E-state index contributed by atoms with van der Waals surface area (Å²) in [6.45, 7) is 14.8. The van der Waals surface area contributed by atoms with E-state index in [9.17, 15) is 9.59 Å². The lowest BCUT2D eigenvalue weighted by atomic mass is 9.97. The molecule has 0 N–H and O–H groups in total. The molecule has 2 atom stereocenters. The van der Waals surface area contributed by atoms with Gasteiger partial charge in [0.15, 0.2) is 12.2 Å². The van der Waals surface area contributed by atoms with Crippen LogP contribution in [0, 0.1) is 13.8 Å². The van der Waals surface area contributed by atoms with Crippen LogP contribution in [0.25, 0.3) is 21.5 Å². The number of rotatable bonds is 32. The number of ether oxygens (including phenoxy) is 6. The third-order valence-corrected chi connectivity index (χ3v) is 10.1. The highest BCUT2D eigenvalue weighted by atomic mass is 16.6. The molecule has 2 unspecified atom stereocenters. The largest absolute Gasteiger partial charge is 0.488 e. The van der Waals surface area contributed by atoms with Crippen molar-refractivity contribution in [3.05, 3.63) is 47.5 Å². The van der Waals surface area contributed by atoms with Crippen molar-refractivity contribution in [2.75, 3.05) is 39.6 Å². The topological polar surface area (TPSA) is 89.5 Å². The predicted molar refractivity (Wildman–Crippen MR) is 229 cm³/mol. The van der Waals surface area contributed by atoms with E-state index in [1.54, 1.807) is 0 Å². The van der Waals surface area contributed by atoms with E-state index in [2.05, 4.69) is 77.9 Å². The molecule has 3 rings (SSSR count). The first-order valence-electron chi connectivity index (χ1n) is 22.1. The lowest BCUT2D eigenvalue weighted by Gasteiger charge is -2.23. The molecule has 0 saturated carbocycles. The lowest BCUT2D eigenvalue weighted by Crippen LogP contribution is -2.30. The Morgan fingerprint density at radius 3 is 1.23 bits per heavy atom. The Labute approximate surface area is 338 Å². The van der Waals surface area contributed by atoms with Crippen molar-refractivity contribution < 1.29 is 38.0 Å². The number of fused-ring (bicyclic) bond motifs is 2. The minimum Gasteiger partial charge on any atom is -0.488 e. The fourth-order valence-electron chi connectivity index (χ4n) is 6.80. The van der Waals surface area contributed by atoms with Crippen molar-refractivity contribution in [2.45, 2.75) is 169 Å². The second-order valence-corrected chi connectivity index (χ2v) is 15.5.